The SMILES string of the molecule is CCCCP(CCCC)(CCCC)(OC(=O)CC)C(C)C. The molecule has 0 aromatic heterocycles. The fourth-order valence-electron chi connectivity index (χ4n) is 3.30. The zero-order chi connectivity index (χ0) is 16.4. The van der Waals surface area contributed by atoms with Crippen molar-refractivity contribution in [2.75, 3.05) is 18.5 Å². The molecule has 0 fully saturated rings. The van der Waals surface area contributed by atoms with Gasteiger partial charge in [0.2, 0.25) is 0 Å². The van der Waals surface area contributed by atoms with E-state index < -0.39 is 6.83 Å². The van der Waals surface area contributed by atoms with Crippen molar-refractivity contribution in [3.63, 3.8) is 0 Å². The normalized spacial score (nSPS) is 14.0. The van der Waals surface area contributed by atoms with Crippen LogP contribution in [0, 0.1) is 0 Å². The molecule has 0 atom stereocenters. The van der Waals surface area contributed by atoms with Crippen LogP contribution < -0.4 is 0 Å². The molecule has 0 radical (unpaired) electrons. The number of hydrogen-bond donors (Lipinski definition) is 0. The number of carbonyl (C=O) groups excluding carboxylic acids is 1. The molecule has 128 valence electrons. The van der Waals surface area contributed by atoms with E-state index in [9.17, 15) is 4.79 Å². The fourth-order valence-corrected chi connectivity index (χ4v) is 9.91. The Kier molecular flexibility index (Phi) is 9.78. The van der Waals surface area contributed by atoms with Crippen LogP contribution >= 0.6 is 6.83 Å². The molecule has 0 aromatic rings. The predicted octanol–water partition coefficient (Wildman–Crippen LogP) is 6.22. The molecular weight excluding hydrogens is 279 g/mol. The van der Waals surface area contributed by atoms with Gasteiger partial charge in [-0.25, -0.2) is 0 Å². The summed E-state index contributed by atoms with van der Waals surface area (Å²) in [5.74, 6) is 0.0321. The molecule has 0 N–H and O–H groups in total. The van der Waals surface area contributed by atoms with Crippen molar-refractivity contribution in [2.45, 2.75) is 92.1 Å². The van der Waals surface area contributed by atoms with Crippen molar-refractivity contribution in [1.29, 1.82) is 0 Å². The molecule has 0 aliphatic heterocycles. The van der Waals surface area contributed by atoms with Gasteiger partial charge in [-0.2, -0.15) is 0 Å². The summed E-state index contributed by atoms with van der Waals surface area (Å²) in [6.45, 7) is 10.9. The van der Waals surface area contributed by atoms with Crippen molar-refractivity contribution in [3.05, 3.63) is 0 Å². The van der Waals surface area contributed by atoms with E-state index in [1.807, 2.05) is 6.92 Å². The third-order valence-corrected chi connectivity index (χ3v) is 12.6. The Morgan fingerprint density at radius 1 is 0.857 bits per heavy atom. The van der Waals surface area contributed by atoms with Crippen molar-refractivity contribution < 1.29 is 9.32 Å². The Balaban J connectivity index is 5.65. The zero-order valence-corrected chi connectivity index (χ0v) is 16.3. The van der Waals surface area contributed by atoms with E-state index in [0.29, 0.717) is 12.1 Å². The van der Waals surface area contributed by atoms with Crippen LogP contribution in [0.3, 0.4) is 0 Å². The van der Waals surface area contributed by atoms with Gasteiger partial charge in [-0.3, -0.25) is 0 Å². The molecule has 0 unspecified atom stereocenters. The van der Waals surface area contributed by atoms with Gasteiger partial charge in [0, 0.05) is 0 Å². The van der Waals surface area contributed by atoms with Crippen LogP contribution in [0.5, 0.6) is 0 Å². The van der Waals surface area contributed by atoms with Gasteiger partial charge in [0.1, 0.15) is 0 Å². The number of rotatable bonds is 12. The second-order valence-corrected chi connectivity index (χ2v) is 12.8. The first kappa shape index (κ1) is 20.9. The number of unbranched alkanes of at least 4 members (excludes halogenated alkanes) is 3. The summed E-state index contributed by atoms with van der Waals surface area (Å²) in [5, 5.41) is 0. The molecule has 0 saturated heterocycles. The van der Waals surface area contributed by atoms with Gasteiger partial charge in [-0.05, 0) is 0 Å². The first-order chi connectivity index (χ1) is 9.90. The van der Waals surface area contributed by atoms with E-state index in [1.54, 1.807) is 0 Å². The molecule has 0 amide bonds. The van der Waals surface area contributed by atoms with Crippen molar-refractivity contribution >= 4 is 12.8 Å². The molecule has 0 aromatic carbocycles. The molecule has 0 aliphatic rings. The Bertz CT molecular complexity index is 275. The second kappa shape index (κ2) is 9.82. The van der Waals surface area contributed by atoms with Crippen molar-refractivity contribution in [3.8, 4) is 0 Å². The summed E-state index contributed by atoms with van der Waals surface area (Å²) in [6, 6.07) is 0. The van der Waals surface area contributed by atoms with Gasteiger partial charge >= 0.3 is 133 Å². The van der Waals surface area contributed by atoms with Gasteiger partial charge in [-0.1, -0.05) is 0 Å². The first-order valence-corrected chi connectivity index (χ1v) is 11.9. The molecule has 0 spiro atoms. The summed E-state index contributed by atoms with van der Waals surface area (Å²) < 4.78 is 6.43. The van der Waals surface area contributed by atoms with Crippen LogP contribution in [-0.4, -0.2) is 30.1 Å². The van der Waals surface area contributed by atoms with Gasteiger partial charge < -0.3 is 0 Å². The maximum absolute atomic E-state index is 12.2. The molecule has 21 heavy (non-hydrogen) atoms. The van der Waals surface area contributed by atoms with E-state index in [-0.39, 0.29) is 5.97 Å². The standard InChI is InChI=1S/C18H39O2P/c1-7-11-14-21(17(5)6,15-12-8-2,16-13-9-3)20-18(19)10-4/h17H,7-16H2,1-6H3. The van der Waals surface area contributed by atoms with Crippen LogP contribution in [0.15, 0.2) is 0 Å². The Morgan fingerprint density at radius 3 is 1.48 bits per heavy atom. The minimum atomic E-state index is -2.41. The summed E-state index contributed by atoms with van der Waals surface area (Å²) >= 11 is 0. The quantitative estimate of drug-likeness (QED) is 0.399. The van der Waals surface area contributed by atoms with Gasteiger partial charge in [0.15, 0.2) is 0 Å². The Labute approximate surface area is 133 Å². The van der Waals surface area contributed by atoms with Crippen LogP contribution in [0.25, 0.3) is 0 Å². The average Bonchev–Trinajstić information content (AvgIpc) is 2.48. The van der Waals surface area contributed by atoms with E-state index in [1.165, 1.54) is 38.5 Å². The topological polar surface area (TPSA) is 26.3 Å². The van der Waals surface area contributed by atoms with Gasteiger partial charge in [0.25, 0.3) is 0 Å². The van der Waals surface area contributed by atoms with Gasteiger partial charge in [0.05, 0.1) is 0 Å². The van der Waals surface area contributed by atoms with Crippen molar-refractivity contribution in [2.24, 2.45) is 0 Å². The third-order valence-electron chi connectivity index (χ3n) is 5.09. The first-order valence-electron chi connectivity index (χ1n) is 9.13. The summed E-state index contributed by atoms with van der Waals surface area (Å²) in [6.07, 6.45) is 11.1. The molecule has 0 aliphatic carbocycles. The summed E-state index contributed by atoms with van der Waals surface area (Å²) in [4.78, 5) is 12.2. The van der Waals surface area contributed by atoms with E-state index in [0.717, 1.165) is 18.5 Å². The molecule has 0 bridgehead atoms. The molecule has 3 heteroatoms. The van der Waals surface area contributed by atoms with Gasteiger partial charge in [-0.15, -0.1) is 0 Å². The van der Waals surface area contributed by atoms with E-state index >= 15 is 0 Å². The average molecular weight is 318 g/mol. The van der Waals surface area contributed by atoms with E-state index in [4.69, 9.17) is 4.52 Å². The van der Waals surface area contributed by atoms with Crippen molar-refractivity contribution in [1.82, 2.24) is 0 Å². The molecule has 0 saturated carbocycles. The summed E-state index contributed by atoms with van der Waals surface area (Å²) in [7, 11) is 0. The predicted molar refractivity (Wildman–Crippen MR) is 97.8 cm³/mol. The fraction of sp³-hybridized carbons (Fsp3) is 0.944. The van der Waals surface area contributed by atoms with Crippen LogP contribution in [0.2, 0.25) is 0 Å². The monoisotopic (exact) mass is 318 g/mol. The van der Waals surface area contributed by atoms with Crippen LogP contribution in [0.1, 0.15) is 86.5 Å². The Morgan fingerprint density at radius 2 is 1.24 bits per heavy atom. The molecule has 0 heterocycles. The molecule has 2 nitrogen and oxygen atoms in total. The van der Waals surface area contributed by atoms with E-state index in [2.05, 4.69) is 34.6 Å². The minimum absolute atomic E-state index is 0.0321. The summed E-state index contributed by atoms with van der Waals surface area (Å²) in [5.41, 5.74) is 0.496. The number of hydrogen-bond acceptors (Lipinski definition) is 2. The molecular formula is C18H39O2P. The second-order valence-electron chi connectivity index (χ2n) is 6.85. The van der Waals surface area contributed by atoms with Crippen LogP contribution in [0.4, 0.5) is 0 Å². The number of carbonyl (C=O) groups is 1. The third kappa shape index (κ3) is 5.55. The zero-order valence-electron chi connectivity index (χ0n) is 15.4. The maximum atomic E-state index is 12.2. The Hall–Kier alpha value is -0.100. The molecule has 0 rings (SSSR count). The van der Waals surface area contributed by atoms with Crippen LogP contribution in [-0.2, 0) is 9.32 Å².